The molecule has 2 N–H and O–H groups in total. The van der Waals surface area contributed by atoms with E-state index in [1.54, 1.807) is 19.1 Å². The van der Waals surface area contributed by atoms with Crippen LogP contribution in [0.25, 0.3) is 0 Å². The van der Waals surface area contributed by atoms with Crippen LogP contribution in [0.2, 0.25) is 5.02 Å². The quantitative estimate of drug-likeness (QED) is 0.421. The number of halogens is 4. The van der Waals surface area contributed by atoms with Crippen LogP contribution in [0.1, 0.15) is 34.0 Å². The molecule has 0 aliphatic carbocycles. The van der Waals surface area contributed by atoms with Gasteiger partial charge in [-0.3, -0.25) is 9.59 Å². The second-order valence-corrected chi connectivity index (χ2v) is 8.43. The van der Waals surface area contributed by atoms with Gasteiger partial charge < -0.3 is 15.4 Å². The van der Waals surface area contributed by atoms with Crippen molar-refractivity contribution in [3.63, 3.8) is 0 Å². The lowest BCUT2D eigenvalue weighted by atomic mass is 10.00. The van der Waals surface area contributed by atoms with E-state index in [0.717, 1.165) is 12.1 Å². The van der Waals surface area contributed by atoms with E-state index in [1.165, 1.54) is 37.4 Å². The van der Waals surface area contributed by atoms with Crippen LogP contribution < -0.4 is 15.4 Å². The third-order valence-corrected chi connectivity index (χ3v) is 5.72. The molecule has 3 aromatic rings. The lowest BCUT2D eigenvalue weighted by molar-refractivity contribution is -0.124. The molecule has 0 saturated heterocycles. The maximum Gasteiger partial charge on any atom is 0.253 e. The maximum atomic E-state index is 14.5. The van der Waals surface area contributed by atoms with Crippen LogP contribution in [-0.2, 0) is 24.3 Å². The fraction of sp³-hybridized carbons (Fsp3) is 0.231. The average molecular weight is 505 g/mol. The minimum Gasteiger partial charge on any atom is -0.494 e. The second-order valence-electron chi connectivity index (χ2n) is 8.02. The number of nitrogens with one attached hydrogen (secondary N) is 2. The molecule has 2 amide bonds. The summed E-state index contributed by atoms with van der Waals surface area (Å²) in [7, 11) is 1.37. The molecular formula is C26H24ClF3N2O3. The van der Waals surface area contributed by atoms with Crippen LogP contribution in [0.15, 0.2) is 54.6 Å². The van der Waals surface area contributed by atoms with Crippen molar-refractivity contribution in [3.05, 3.63) is 99.3 Å². The Bertz CT molecular complexity index is 1240. The highest BCUT2D eigenvalue weighted by Crippen LogP contribution is 2.20. The zero-order valence-electron chi connectivity index (χ0n) is 19.1. The molecule has 0 aliphatic heterocycles. The highest BCUT2D eigenvalue weighted by Gasteiger charge is 2.16. The zero-order valence-corrected chi connectivity index (χ0v) is 19.9. The molecule has 0 radical (unpaired) electrons. The molecule has 0 spiro atoms. The molecule has 0 bridgehead atoms. The van der Waals surface area contributed by atoms with E-state index in [0.29, 0.717) is 17.5 Å². The number of carbonyl (C=O) groups is 2. The predicted molar refractivity (Wildman–Crippen MR) is 127 cm³/mol. The Kier molecular flexibility index (Phi) is 8.76. The van der Waals surface area contributed by atoms with E-state index in [-0.39, 0.29) is 40.9 Å². The highest BCUT2D eigenvalue weighted by molar-refractivity contribution is 6.33. The second kappa shape index (κ2) is 11.8. The van der Waals surface area contributed by atoms with Crippen molar-refractivity contribution in [1.29, 1.82) is 0 Å². The fourth-order valence-electron chi connectivity index (χ4n) is 3.44. The zero-order chi connectivity index (χ0) is 25.5. The Labute approximate surface area is 206 Å². The number of hydrogen-bond acceptors (Lipinski definition) is 3. The van der Waals surface area contributed by atoms with Gasteiger partial charge in [0.05, 0.1) is 17.7 Å². The van der Waals surface area contributed by atoms with Crippen LogP contribution in [0.4, 0.5) is 13.2 Å². The van der Waals surface area contributed by atoms with Crippen LogP contribution in [0, 0.1) is 23.4 Å². The number of hydrogen-bond donors (Lipinski definition) is 2. The monoisotopic (exact) mass is 504 g/mol. The van der Waals surface area contributed by atoms with Gasteiger partial charge in [-0.05, 0) is 53.9 Å². The first kappa shape index (κ1) is 26.1. The Morgan fingerprint density at radius 3 is 2.29 bits per heavy atom. The summed E-state index contributed by atoms with van der Waals surface area (Å²) in [5.74, 6) is -2.74. The van der Waals surface area contributed by atoms with Gasteiger partial charge in [0.25, 0.3) is 5.91 Å². The average Bonchev–Trinajstić information content (AvgIpc) is 2.81. The summed E-state index contributed by atoms with van der Waals surface area (Å²) in [5, 5.41) is 5.27. The van der Waals surface area contributed by atoms with E-state index in [4.69, 9.17) is 16.3 Å². The van der Waals surface area contributed by atoms with E-state index < -0.39 is 29.3 Å². The molecule has 1 unspecified atom stereocenters. The van der Waals surface area contributed by atoms with E-state index in [9.17, 15) is 22.8 Å². The number of carbonyl (C=O) groups excluding carboxylic acids is 2. The summed E-state index contributed by atoms with van der Waals surface area (Å²) in [6, 6.07) is 12.4. The molecule has 0 aromatic heterocycles. The smallest absolute Gasteiger partial charge is 0.253 e. The van der Waals surface area contributed by atoms with Crippen molar-refractivity contribution in [2.45, 2.75) is 26.4 Å². The van der Waals surface area contributed by atoms with E-state index >= 15 is 0 Å². The number of amides is 2. The first-order chi connectivity index (χ1) is 16.7. The minimum atomic E-state index is -0.555. The van der Waals surface area contributed by atoms with Crippen LogP contribution >= 0.6 is 11.6 Å². The van der Waals surface area contributed by atoms with E-state index in [1.807, 2.05) is 0 Å². The van der Waals surface area contributed by atoms with Gasteiger partial charge >= 0.3 is 0 Å². The summed E-state index contributed by atoms with van der Waals surface area (Å²) in [6.45, 7) is 1.71. The van der Waals surface area contributed by atoms with Crippen molar-refractivity contribution < 1.29 is 27.5 Å². The Balaban J connectivity index is 1.52. The number of ether oxygens (including phenoxy) is 1. The van der Waals surface area contributed by atoms with Crippen LogP contribution in [-0.4, -0.2) is 18.9 Å². The van der Waals surface area contributed by atoms with Crippen molar-refractivity contribution >= 4 is 23.4 Å². The lowest BCUT2D eigenvalue weighted by Crippen LogP contribution is -2.30. The topological polar surface area (TPSA) is 67.4 Å². The van der Waals surface area contributed by atoms with Gasteiger partial charge in [0, 0.05) is 24.6 Å². The van der Waals surface area contributed by atoms with Gasteiger partial charge in [0.15, 0.2) is 11.6 Å². The molecule has 184 valence electrons. The number of benzene rings is 3. The number of rotatable bonds is 9. The summed E-state index contributed by atoms with van der Waals surface area (Å²) in [4.78, 5) is 24.7. The molecule has 0 heterocycles. The van der Waals surface area contributed by atoms with E-state index in [2.05, 4.69) is 10.6 Å². The third kappa shape index (κ3) is 6.99. The Hall–Kier alpha value is -3.52. The summed E-state index contributed by atoms with van der Waals surface area (Å²) >= 11 is 5.88. The van der Waals surface area contributed by atoms with Crippen molar-refractivity contribution in [2.75, 3.05) is 7.11 Å². The van der Waals surface area contributed by atoms with Crippen LogP contribution in [0.5, 0.6) is 5.75 Å². The largest absolute Gasteiger partial charge is 0.494 e. The molecule has 0 fully saturated rings. The standard InChI is InChI=1S/C26H24ClF3N2O3/c1-15(9-16-4-8-24(35-2)23(30)10-16)25(33)32-14-18-5-3-17(11-22(18)29)13-31-26(34)20-7-6-19(28)12-21(20)27/h3-8,10-12,15H,9,13-14H2,1-2H3,(H,31,34)(H,32,33). The maximum absolute atomic E-state index is 14.5. The fourth-order valence-corrected chi connectivity index (χ4v) is 3.69. The summed E-state index contributed by atoms with van der Waals surface area (Å²) < 4.78 is 46.4. The van der Waals surface area contributed by atoms with Crippen molar-refractivity contribution in [3.8, 4) is 5.75 Å². The van der Waals surface area contributed by atoms with Crippen molar-refractivity contribution in [1.82, 2.24) is 10.6 Å². The van der Waals surface area contributed by atoms with Crippen LogP contribution in [0.3, 0.4) is 0 Å². The molecule has 3 aromatic carbocycles. The third-order valence-electron chi connectivity index (χ3n) is 5.41. The predicted octanol–water partition coefficient (Wildman–Crippen LogP) is 5.19. The molecule has 1 atom stereocenters. The van der Waals surface area contributed by atoms with Gasteiger partial charge in [-0.25, -0.2) is 13.2 Å². The van der Waals surface area contributed by atoms with Gasteiger partial charge in [-0.1, -0.05) is 36.7 Å². The molecule has 0 aliphatic rings. The molecule has 9 heteroatoms. The summed E-state index contributed by atoms with van der Waals surface area (Å²) in [5.41, 5.74) is 1.53. The normalized spacial score (nSPS) is 11.6. The van der Waals surface area contributed by atoms with Gasteiger partial charge in [0.2, 0.25) is 5.91 Å². The summed E-state index contributed by atoms with van der Waals surface area (Å²) in [6.07, 6.45) is 0.311. The first-order valence-electron chi connectivity index (χ1n) is 10.8. The highest BCUT2D eigenvalue weighted by atomic mass is 35.5. The molecule has 0 saturated carbocycles. The van der Waals surface area contributed by atoms with Gasteiger partial charge in [0.1, 0.15) is 11.6 Å². The molecule has 3 rings (SSSR count). The molecule has 35 heavy (non-hydrogen) atoms. The van der Waals surface area contributed by atoms with Gasteiger partial charge in [-0.15, -0.1) is 0 Å². The first-order valence-corrected chi connectivity index (χ1v) is 11.2. The van der Waals surface area contributed by atoms with Crippen molar-refractivity contribution in [2.24, 2.45) is 5.92 Å². The SMILES string of the molecule is COc1ccc(CC(C)C(=O)NCc2ccc(CNC(=O)c3ccc(F)cc3Cl)cc2F)cc1F. The molecular weight excluding hydrogens is 481 g/mol. The van der Waals surface area contributed by atoms with Gasteiger partial charge in [-0.2, -0.15) is 0 Å². The number of methoxy groups -OCH3 is 1. The Morgan fingerprint density at radius 2 is 1.63 bits per heavy atom. The lowest BCUT2D eigenvalue weighted by Gasteiger charge is -2.14. The minimum absolute atomic E-state index is 0.0221. The molecule has 5 nitrogen and oxygen atoms in total. The Morgan fingerprint density at radius 1 is 0.914 bits per heavy atom.